The fraction of sp³-hybridized carbons (Fsp3) is 0.500. The molecular formula is C20H27N3O4. The van der Waals surface area contributed by atoms with Crippen LogP contribution in [0.15, 0.2) is 34.9 Å². The van der Waals surface area contributed by atoms with Crippen molar-refractivity contribution in [3.05, 3.63) is 36.1 Å². The van der Waals surface area contributed by atoms with Gasteiger partial charge in [-0.2, -0.15) is 0 Å². The molecule has 2 heterocycles. The topological polar surface area (TPSA) is 76.8 Å². The lowest BCUT2D eigenvalue weighted by Gasteiger charge is -2.35. The van der Waals surface area contributed by atoms with Crippen molar-refractivity contribution in [3.8, 4) is 17.0 Å². The lowest BCUT2D eigenvalue weighted by molar-refractivity contribution is -0.126. The zero-order chi connectivity index (χ0) is 19.2. The standard InChI is InChI=1S/C20H27N3O4/c1-14(2)23-8-9-26-18(13-23)11-20(24)21-12-17-10-19(22-27-17)15-4-6-16(25-3)7-5-15/h4-7,10,14,18H,8-9,11-13H2,1-3H3,(H,21,24)/t18-/m0/s1. The lowest BCUT2D eigenvalue weighted by atomic mass is 10.1. The van der Waals surface area contributed by atoms with Gasteiger partial charge in [0.2, 0.25) is 5.91 Å². The maximum Gasteiger partial charge on any atom is 0.223 e. The zero-order valence-electron chi connectivity index (χ0n) is 16.1. The van der Waals surface area contributed by atoms with Gasteiger partial charge in [0.1, 0.15) is 11.4 Å². The molecule has 0 aliphatic carbocycles. The third-order valence-corrected chi connectivity index (χ3v) is 4.72. The number of aromatic nitrogens is 1. The summed E-state index contributed by atoms with van der Waals surface area (Å²) in [6, 6.07) is 9.87. The van der Waals surface area contributed by atoms with Crippen molar-refractivity contribution < 1.29 is 18.8 Å². The number of nitrogens with zero attached hydrogens (tertiary/aromatic N) is 2. The van der Waals surface area contributed by atoms with Crippen LogP contribution in [0.2, 0.25) is 0 Å². The Labute approximate surface area is 159 Å². The second-order valence-electron chi connectivity index (χ2n) is 6.97. The monoisotopic (exact) mass is 373 g/mol. The van der Waals surface area contributed by atoms with Gasteiger partial charge >= 0.3 is 0 Å². The number of hydrogen-bond donors (Lipinski definition) is 1. The number of carbonyl (C=O) groups is 1. The normalized spacial score (nSPS) is 17.9. The highest BCUT2D eigenvalue weighted by molar-refractivity contribution is 5.76. The summed E-state index contributed by atoms with van der Waals surface area (Å²) in [5.41, 5.74) is 1.66. The Kier molecular flexibility index (Phi) is 6.47. The molecule has 1 N–H and O–H groups in total. The van der Waals surface area contributed by atoms with Crippen molar-refractivity contribution in [1.82, 2.24) is 15.4 Å². The van der Waals surface area contributed by atoms with E-state index in [0.717, 1.165) is 30.1 Å². The van der Waals surface area contributed by atoms with Gasteiger partial charge in [0, 0.05) is 30.8 Å². The van der Waals surface area contributed by atoms with Crippen molar-refractivity contribution in [2.24, 2.45) is 0 Å². The molecule has 0 unspecified atom stereocenters. The quantitative estimate of drug-likeness (QED) is 0.803. The van der Waals surface area contributed by atoms with Gasteiger partial charge in [0.05, 0.1) is 32.8 Å². The second kappa shape index (κ2) is 9.01. The first kappa shape index (κ1) is 19.4. The molecule has 0 spiro atoms. The summed E-state index contributed by atoms with van der Waals surface area (Å²) in [5.74, 6) is 1.35. The molecule has 27 heavy (non-hydrogen) atoms. The maximum absolute atomic E-state index is 12.2. The first-order valence-corrected chi connectivity index (χ1v) is 9.27. The highest BCUT2D eigenvalue weighted by Crippen LogP contribution is 2.22. The molecule has 3 rings (SSSR count). The number of morpholine rings is 1. The Balaban J connectivity index is 1.48. The molecule has 1 aliphatic rings. The lowest BCUT2D eigenvalue weighted by Crippen LogP contribution is -2.47. The van der Waals surface area contributed by atoms with E-state index in [1.165, 1.54) is 0 Å². The highest BCUT2D eigenvalue weighted by Gasteiger charge is 2.24. The van der Waals surface area contributed by atoms with Gasteiger partial charge in [-0.3, -0.25) is 9.69 Å². The number of carbonyl (C=O) groups excluding carboxylic acids is 1. The van der Waals surface area contributed by atoms with Gasteiger partial charge in [-0.1, -0.05) is 5.16 Å². The number of rotatable bonds is 7. The molecule has 0 radical (unpaired) electrons. The molecule has 0 saturated carbocycles. The third-order valence-electron chi connectivity index (χ3n) is 4.72. The van der Waals surface area contributed by atoms with E-state index in [9.17, 15) is 4.79 Å². The molecule has 1 aliphatic heterocycles. The van der Waals surface area contributed by atoms with Crippen LogP contribution in [-0.4, -0.2) is 54.9 Å². The van der Waals surface area contributed by atoms with Crippen LogP contribution < -0.4 is 10.1 Å². The van der Waals surface area contributed by atoms with Crippen molar-refractivity contribution in [1.29, 1.82) is 0 Å². The van der Waals surface area contributed by atoms with Gasteiger partial charge in [0.15, 0.2) is 5.76 Å². The van der Waals surface area contributed by atoms with E-state index in [2.05, 4.69) is 29.2 Å². The number of amides is 1. The summed E-state index contributed by atoms with van der Waals surface area (Å²) >= 11 is 0. The minimum Gasteiger partial charge on any atom is -0.497 e. The molecular weight excluding hydrogens is 346 g/mol. The molecule has 2 aromatic rings. The van der Waals surface area contributed by atoms with Gasteiger partial charge in [-0.05, 0) is 38.1 Å². The van der Waals surface area contributed by atoms with Crippen molar-refractivity contribution in [2.45, 2.75) is 39.0 Å². The largest absolute Gasteiger partial charge is 0.497 e. The smallest absolute Gasteiger partial charge is 0.223 e. The van der Waals surface area contributed by atoms with E-state index < -0.39 is 0 Å². The predicted molar refractivity (Wildman–Crippen MR) is 101 cm³/mol. The predicted octanol–water partition coefficient (Wildman–Crippen LogP) is 2.47. The Morgan fingerprint density at radius 2 is 2.15 bits per heavy atom. The van der Waals surface area contributed by atoms with E-state index >= 15 is 0 Å². The summed E-state index contributed by atoms with van der Waals surface area (Å²) in [6.07, 6.45) is 0.286. The summed E-state index contributed by atoms with van der Waals surface area (Å²) in [4.78, 5) is 14.6. The van der Waals surface area contributed by atoms with Crippen LogP contribution in [0.25, 0.3) is 11.3 Å². The van der Waals surface area contributed by atoms with E-state index in [1.54, 1.807) is 7.11 Å². The van der Waals surface area contributed by atoms with Crippen LogP contribution in [0.4, 0.5) is 0 Å². The Bertz CT molecular complexity index is 742. The van der Waals surface area contributed by atoms with E-state index in [4.69, 9.17) is 14.0 Å². The zero-order valence-corrected chi connectivity index (χ0v) is 16.1. The molecule has 7 heteroatoms. The minimum absolute atomic E-state index is 0.0481. The maximum atomic E-state index is 12.2. The third kappa shape index (κ3) is 5.30. The highest BCUT2D eigenvalue weighted by atomic mass is 16.5. The van der Waals surface area contributed by atoms with Crippen LogP contribution in [0.1, 0.15) is 26.0 Å². The number of ether oxygens (including phenoxy) is 2. The molecule has 146 valence electrons. The van der Waals surface area contributed by atoms with Crippen LogP contribution in [0.3, 0.4) is 0 Å². The molecule has 1 aromatic heterocycles. The van der Waals surface area contributed by atoms with Crippen molar-refractivity contribution in [2.75, 3.05) is 26.8 Å². The molecule has 1 atom stereocenters. The second-order valence-corrected chi connectivity index (χ2v) is 6.97. The summed E-state index contributed by atoms with van der Waals surface area (Å²) in [7, 11) is 1.63. The molecule has 1 amide bonds. The molecule has 7 nitrogen and oxygen atoms in total. The van der Waals surface area contributed by atoms with Gasteiger partial charge in [0.25, 0.3) is 0 Å². The fourth-order valence-corrected chi connectivity index (χ4v) is 3.09. The average molecular weight is 373 g/mol. The Morgan fingerprint density at radius 3 is 2.85 bits per heavy atom. The van der Waals surface area contributed by atoms with E-state index in [0.29, 0.717) is 31.4 Å². The fourth-order valence-electron chi connectivity index (χ4n) is 3.09. The van der Waals surface area contributed by atoms with Crippen LogP contribution in [0.5, 0.6) is 5.75 Å². The Morgan fingerprint density at radius 1 is 1.37 bits per heavy atom. The first-order chi connectivity index (χ1) is 13.0. The Hall–Kier alpha value is -2.38. The van der Waals surface area contributed by atoms with Gasteiger partial charge in [-0.15, -0.1) is 0 Å². The van der Waals surface area contributed by atoms with E-state index in [1.807, 2.05) is 30.3 Å². The minimum atomic E-state index is -0.0641. The van der Waals surface area contributed by atoms with Gasteiger partial charge in [-0.25, -0.2) is 0 Å². The van der Waals surface area contributed by atoms with E-state index in [-0.39, 0.29) is 12.0 Å². The summed E-state index contributed by atoms with van der Waals surface area (Å²) < 4.78 is 16.2. The summed E-state index contributed by atoms with van der Waals surface area (Å²) in [5, 5.41) is 6.95. The average Bonchev–Trinajstić information content (AvgIpc) is 3.16. The van der Waals surface area contributed by atoms with Gasteiger partial charge < -0.3 is 19.3 Å². The molecule has 0 bridgehead atoms. The van der Waals surface area contributed by atoms with Crippen molar-refractivity contribution in [3.63, 3.8) is 0 Å². The number of methoxy groups -OCH3 is 1. The molecule has 1 saturated heterocycles. The summed E-state index contributed by atoms with van der Waals surface area (Å²) in [6.45, 7) is 7.00. The number of hydrogen-bond acceptors (Lipinski definition) is 6. The molecule has 1 fully saturated rings. The van der Waals surface area contributed by atoms with Crippen LogP contribution in [0, 0.1) is 0 Å². The first-order valence-electron chi connectivity index (χ1n) is 9.27. The SMILES string of the molecule is COc1ccc(-c2cc(CNC(=O)C[C@H]3CN(C(C)C)CCO3)on2)cc1. The van der Waals surface area contributed by atoms with Crippen molar-refractivity contribution >= 4 is 5.91 Å². The van der Waals surface area contributed by atoms with Crippen LogP contribution in [-0.2, 0) is 16.1 Å². The van der Waals surface area contributed by atoms with Crippen LogP contribution >= 0.6 is 0 Å². The number of benzene rings is 1. The number of nitrogens with one attached hydrogen (secondary N) is 1. The molecule has 1 aromatic carbocycles.